The van der Waals surface area contributed by atoms with Crippen LogP contribution in [-0.2, 0) is 0 Å². The second kappa shape index (κ2) is 5.49. The van der Waals surface area contributed by atoms with Crippen molar-refractivity contribution in [2.45, 2.75) is 33.2 Å². The van der Waals surface area contributed by atoms with E-state index in [0.717, 1.165) is 6.42 Å². The highest BCUT2D eigenvalue weighted by molar-refractivity contribution is 5.92. The van der Waals surface area contributed by atoms with Crippen molar-refractivity contribution in [1.82, 2.24) is 10.3 Å². The molecule has 1 aromatic rings. The summed E-state index contributed by atoms with van der Waals surface area (Å²) >= 11 is 0. The second-order valence-corrected chi connectivity index (χ2v) is 4.12. The molecule has 0 aromatic carbocycles. The van der Waals surface area contributed by atoms with Gasteiger partial charge in [-0.05, 0) is 25.0 Å². The van der Waals surface area contributed by atoms with Gasteiger partial charge in [-0.1, -0.05) is 20.3 Å². The van der Waals surface area contributed by atoms with Crippen molar-refractivity contribution in [3.63, 3.8) is 0 Å². The molecule has 0 saturated carbocycles. The molecule has 0 radical (unpaired) electrons. The standard InChI is InChI=1S/C12H19N3O/c1-4-8(2)9(3)15-12(16)11-6-5-10(13)7-14-11/h5-9H,4,13H2,1-3H3,(H,15,16). The summed E-state index contributed by atoms with van der Waals surface area (Å²) in [5.74, 6) is 0.311. The van der Waals surface area contributed by atoms with Crippen LogP contribution in [-0.4, -0.2) is 16.9 Å². The van der Waals surface area contributed by atoms with Gasteiger partial charge in [0.1, 0.15) is 5.69 Å². The molecule has 0 saturated heterocycles. The number of nitrogens with two attached hydrogens (primary N) is 1. The van der Waals surface area contributed by atoms with E-state index in [-0.39, 0.29) is 11.9 Å². The number of carbonyl (C=O) groups is 1. The van der Waals surface area contributed by atoms with Crippen LogP contribution in [0.1, 0.15) is 37.7 Å². The predicted octanol–water partition coefficient (Wildman–Crippen LogP) is 1.83. The fourth-order valence-electron chi connectivity index (χ4n) is 1.32. The minimum absolute atomic E-state index is 0.146. The van der Waals surface area contributed by atoms with Crippen LogP contribution in [0.25, 0.3) is 0 Å². The summed E-state index contributed by atoms with van der Waals surface area (Å²) in [6.45, 7) is 6.22. The number of pyridine rings is 1. The Kier molecular flexibility index (Phi) is 4.28. The zero-order valence-electron chi connectivity index (χ0n) is 10.0. The molecule has 1 heterocycles. The molecule has 0 bridgehead atoms. The van der Waals surface area contributed by atoms with Crippen molar-refractivity contribution >= 4 is 11.6 Å². The van der Waals surface area contributed by atoms with E-state index < -0.39 is 0 Å². The SMILES string of the molecule is CCC(C)C(C)NC(=O)c1ccc(N)cn1. The molecule has 16 heavy (non-hydrogen) atoms. The van der Waals surface area contributed by atoms with E-state index in [1.165, 1.54) is 6.20 Å². The molecule has 0 aliphatic heterocycles. The molecular formula is C12H19N3O. The van der Waals surface area contributed by atoms with E-state index in [1.807, 2.05) is 6.92 Å². The van der Waals surface area contributed by atoms with Gasteiger partial charge in [-0.25, -0.2) is 4.98 Å². The van der Waals surface area contributed by atoms with Gasteiger partial charge in [0.15, 0.2) is 0 Å². The lowest BCUT2D eigenvalue weighted by Crippen LogP contribution is -2.37. The molecule has 4 nitrogen and oxygen atoms in total. The summed E-state index contributed by atoms with van der Waals surface area (Å²) in [5, 5.41) is 2.92. The number of rotatable bonds is 4. The quantitative estimate of drug-likeness (QED) is 0.815. The summed E-state index contributed by atoms with van der Waals surface area (Å²) in [5.41, 5.74) is 6.47. The van der Waals surface area contributed by atoms with E-state index in [1.54, 1.807) is 12.1 Å². The monoisotopic (exact) mass is 221 g/mol. The number of amides is 1. The molecule has 0 fully saturated rings. The highest BCUT2D eigenvalue weighted by atomic mass is 16.1. The van der Waals surface area contributed by atoms with Crippen molar-refractivity contribution in [1.29, 1.82) is 0 Å². The Bertz CT molecular complexity index is 348. The fourth-order valence-corrected chi connectivity index (χ4v) is 1.32. The molecule has 1 aromatic heterocycles. The van der Waals surface area contributed by atoms with Gasteiger partial charge in [-0.3, -0.25) is 4.79 Å². The van der Waals surface area contributed by atoms with Crippen LogP contribution in [0.15, 0.2) is 18.3 Å². The largest absolute Gasteiger partial charge is 0.397 e. The zero-order valence-corrected chi connectivity index (χ0v) is 10.0. The summed E-state index contributed by atoms with van der Waals surface area (Å²) in [7, 11) is 0. The van der Waals surface area contributed by atoms with Crippen LogP contribution in [0.3, 0.4) is 0 Å². The number of nitrogens with one attached hydrogen (secondary N) is 1. The number of hydrogen-bond acceptors (Lipinski definition) is 3. The molecular weight excluding hydrogens is 202 g/mol. The van der Waals surface area contributed by atoms with Gasteiger partial charge in [-0.2, -0.15) is 0 Å². The summed E-state index contributed by atoms with van der Waals surface area (Å²) < 4.78 is 0. The topological polar surface area (TPSA) is 68.0 Å². The van der Waals surface area contributed by atoms with Crippen molar-refractivity contribution in [3.8, 4) is 0 Å². The first-order chi connectivity index (χ1) is 7.54. The van der Waals surface area contributed by atoms with Gasteiger partial charge in [0.2, 0.25) is 0 Å². The Labute approximate surface area is 96.3 Å². The van der Waals surface area contributed by atoms with Crippen LogP contribution < -0.4 is 11.1 Å². The van der Waals surface area contributed by atoms with Gasteiger partial charge in [0, 0.05) is 6.04 Å². The summed E-state index contributed by atoms with van der Waals surface area (Å²) in [6, 6.07) is 3.46. The summed E-state index contributed by atoms with van der Waals surface area (Å²) in [4.78, 5) is 15.8. The number of anilines is 1. The first-order valence-electron chi connectivity index (χ1n) is 5.57. The smallest absolute Gasteiger partial charge is 0.270 e. The van der Waals surface area contributed by atoms with Crippen LogP contribution >= 0.6 is 0 Å². The van der Waals surface area contributed by atoms with Crippen molar-refractivity contribution < 1.29 is 4.79 Å². The third kappa shape index (κ3) is 3.22. The average Bonchev–Trinajstić information content (AvgIpc) is 2.28. The minimum Gasteiger partial charge on any atom is -0.397 e. The van der Waals surface area contributed by atoms with E-state index in [4.69, 9.17) is 5.73 Å². The number of carbonyl (C=O) groups excluding carboxylic acids is 1. The molecule has 2 atom stereocenters. The van der Waals surface area contributed by atoms with Crippen LogP contribution in [0.5, 0.6) is 0 Å². The molecule has 88 valence electrons. The maximum absolute atomic E-state index is 11.8. The van der Waals surface area contributed by atoms with Crippen LogP contribution in [0.2, 0.25) is 0 Å². The number of nitrogen functional groups attached to an aromatic ring is 1. The van der Waals surface area contributed by atoms with Gasteiger partial charge < -0.3 is 11.1 Å². The maximum Gasteiger partial charge on any atom is 0.270 e. The molecule has 1 rings (SSSR count). The van der Waals surface area contributed by atoms with Gasteiger partial charge in [-0.15, -0.1) is 0 Å². The Balaban J connectivity index is 2.62. The average molecular weight is 221 g/mol. The molecule has 0 aliphatic rings. The van der Waals surface area contributed by atoms with Crippen molar-refractivity contribution in [2.24, 2.45) is 5.92 Å². The van der Waals surface area contributed by atoms with E-state index in [2.05, 4.69) is 24.1 Å². The van der Waals surface area contributed by atoms with Gasteiger partial charge >= 0.3 is 0 Å². The van der Waals surface area contributed by atoms with Crippen molar-refractivity contribution in [3.05, 3.63) is 24.0 Å². The molecule has 0 aliphatic carbocycles. The lowest BCUT2D eigenvalue weighted by Gasteiger charge is -2.19. The second-order valence-electron chi connectivity index (χ2n) is 4.12. The first kappa shape index (κ1) is 12.5. The number of hydrogen-bond donors (Lipinski definition) is 2. The van der Waals surface area contributed by atoms with Gasteiger partial charge in [0.25, 0.3) is 5.91 Å². The molecule has 3 N–H and O–H groups in total. The molecule has 4 heteroatoms. The molecule has 0 spiro atoms. The highest BCUT2D eigenvalue weighted by Gasteiger charge is 2.14. The number of aromatic nitrogens is 1. The fraction of sp³-hybridized carbons (Fsp3) is 0.500. The molecule has 2 unspecified atom stereocenters. The van der Waals surface area contributed by atoms with Crippen LogP contribution in [0, 0.1) is 5.92 Å². The predicted molar refractivity (Wildman–Crippen MR) is 65.0 cm³/mol. The maximum atomic E-state index is 11.8. The normalized spacial score (nSPS) is 14.2. The third-order valence-corrected chi connectivity index (χ3v) is 2.88. The lowest BCUT2D eigenvalue weighted by atomic mass is 10.0. The Hall–Kier alpha value is -1.58. The van der Waals surface area contributed by atoms with Crippen LogP contribution in [0.4, 0.5) is 5.69 Å². The van der Waals surface area contributed by atoms with Crippen molar-refractivity contribution in [2.75, 3.05) is 5.73 Å². The van der Waals surface area contributed by atoms with E-state index in [0.29, 0.717) is 17.3 Å². The molecule has 1 amide bonds. The van der Waals surface area contributed by atoms with E-state index >= 15 is 0 Å². The Morgan fingerprint density at radius 1 is 1.50 bits per heavy atom. The first-order valence-corrected chi connectivity index (χ1v) is 5.57. The third-order valence-electron chi connectivity index (χ3n) is 2.88. The lowest BCUT2D eigenvalue weighted by molar-refractivity contribution is 0.0923. The van der Waals surface area contributed by atoms with E-state index in [9.17, 15) is 4.79 Å². The minimum atomic E-state index is -0.146. The Morgan fingerprint density at radius 3 is 2.69 bits per heavy atom. The zero-order chi connectivity index (χ0) is 12.1. The highest BCUT2D eigenvalue weighted by Crippen LogP contribution is 2.08. The number of nitrogens with zero attached hydrogens (tertiary/aromatic N) is 1. The van der Waals surface area contributed by atoms with Gasteiger partial charge in [0.05, 0.1) is 11.9 Å². The Morgan fingerprint density at radius 2 is 2.19 bits per heavy atom. The summed E-state index contributed by atoms with van der Waals surface area (Å²) in [6.07, 6.45) is 2.53.